The zero-order chi connectivity index (χ0) is 10.1. The van der Waals surface area contributed by atoms with E-state index in [4.69, 9.17) is 0 Å². The van der Waals surface area contributed by atoms with Crippen molar-refractivity contribution >= 4 is 43.2 Å². The van der Waals surface area contributed by atoms with E-state index in [9.17, 15) is 4.39 Å². The highest BCUT2D eigenvalue weighted by Gasteiger charge is 2.10. The van der Waals surface area contributed by atoms with E-state index in [2.05, 4.69) is 36.8 Å². The fourth-order valence-electron chi connectivity index (χ4n) is 1.05. The van der Waals surface area contributed by atoms with E-state index in [-0.39, 0.29) is 5.82 Å². The lowest BCUT2D eigenvalue weighted by Crippen LogP contribution is -1.84. The van der Waals surface area contributed by atoms with Gasteiger partial charge in [-0.1, -0.05) is 6.07 Å². The minimum absolute atomic E-state index is 0.269. The second-order valence-electron chi connectivity index (χ2n) is 2.58. The van der Waals surface area contributed by atoms with Gasteiger partial charge in [0.25, 0.3) is 0 Å². The number of rotatable bonds is 1. The molecule has 0 saturated carbocycles. The Balaban J connectivity index is 2.57. The molecule has 72 valence electrons. The Morgan fingerprint density at radius 1 is 1.29 bits per heavy atom. The van der Waals surface area contributed by atoms with E-state index in [1.54, 1.807) is 18.2 Å². The Morgan fingerprint density at radius 3 is 2.71 bits per heavy atom. The molecule has 1 nitrogen and oxygen atoms in total. The number of halogens is 3. The molecule has 0 amide bonds. The van der Waals surface area contributed by atoms with Gasteiger partial charge in [-0.2, -0.15) is 0 Å². The lowest BCUT2D eigenvalue weighted by molar-refractivity contribution is 0.624. The van der Waals surface area contributed by atoms with Crippen LogP contribution in [0.2, 0.25) is 0 Å². The molecule has 0 spiro atoms. The van der Waals surface area contributed by atoms with Crippen LogP contribution in [0.4, 0.5) is 4.39 Å². The molecule has 0 aliphatic carbocycles. The van der Waals surface area contributed by atoms with Crippen molar-refractivity contribution in [2.45, 2.75) is 0 Å². The van der Waals surface area contributed by atoms with E-state index in [1.165, 1.54) is 11.3 Å². The molecule has 14 heavy (non-hydrogen) atoms. The first-order valence-electron chi connectivity index (χ1n) is 3.74. The van der Waals surface area contributed by atoms with Crippen LogP contribution < -0.4 is 0 Å². The molecule has 1 aromatic carbocycles. The Bertz CT molecular complexity index is 470. The number of thiazole rings is 1. The van der Waals surface area contributed by atoms with Crippen LogP contribution in [0, 0.1) is 5.82 Å². The van der Waals surface area contributed by atoms with Gasteiger partial charge in [-0.15, -0.1) is 11.3 Å². The molecular formula is C9H4Br2FNS. The number of nitrogens with zero attached hydrogens (tertiary/aromatic N) is 1. The van der Waals surface area contributed by atoms with E-state index in [0.29, 0.717) is 15.0 Å². The maximum Gasteiger partial charge on any atom is 0.147 e. The van der Waals surface area contributed by atoms with Gasteiger partial charge in [0.1, 0.15) is 15.4 Å². The van der Waals surface area contributed by atoms with Crippen molar-refractivity contribution in [1.82, 2.24) is 4.98 Å². The summed E-state index contributed by atoms with van der Waals surface area (Å²) in [5.74, 6) is -0.269. The summed E-state index contributed by atoms with van der Waals surface area (Å²) in [4.78, 5) is 4.16. The van der Waals surface area contributed by atoms with Gasteiger partial charge >= 0.3 is 0 Å². The zero-order valence-corrected chi connectivity index (χ0v) is 10.8. The predicted molar refractivity (Wildman–Crippen MR) is 62.9 cm³/mol. The summed E-state index contributed by atoms with van der Waals surface area (Å²) in [6.07, 6.45) is 0. The molecule has 0 N–H and O–H groups in total. The second-order valence-corrected chi connectivity index (χ2v) is 5.10. The summed E-state index contributed by atoms with van der Waals surface area (Å²) in [5.41, 5.74) is 0.523. The highest BCUT2D eigenvalue weighted by Crippen LogP contribution is 2.31. The number of hydrogen-bond donors (Lipinski definition) is 0. The fraction of sp³-hybridized carbons (Fsp3) is 0. The minimum atomic E-state index is -0.269. The van der Waals surface area contributed by atoms with Crippen LogP contribution in [0.5, 0.6) is 0 Å². The highest BCUT2D eigenvalue weighted by atomic mass is 79.9. The molecule has 0 aliphatic heterocycles. The van der Waals surface area contributed by atoms with Crippen molar-refractivity contribution in [2.75, 3.05) is 0 Å². The van der Waals surface area contributed by atoms with Crippen LogP contribution in [0.1, 0.15) is 0 Å². The zero-order valence-electron chi connectivity index (χ0n) is 6.80. The molecule has 0 saturated heterocycles. The summed E-state index contributed by atoms with van der Waals surface area (Å²) in [7, 11) is 0. The van der Waals surface area contributed by atoms with Crippen molar-refractivity contribution in [3.8, 4) is 10.6 Å². The smallest absolute Gasteiger partial charge is 0.147 e. The molecule has 5 heteroatoms. The van der Waals surface area contributed by atoms with E-state index in [0.717, 1.165) is 4.60 Å². The number of benzene rings is 1. The summed E-state index contributed by atoms with van der Waals surface area (Å²) in [5, 5.41) is 2.51. The Hall–Kier alpha value is -0.260. The Kier molecular flexibility index (Phi) is 2.99. The van der Waals surface area contributed by atoms with Gasteiger partial charge in [0.15, 0.2) is 0 Å². The quantitative estimate of drug-likeness (QED) is 0.748. The highest BCUT2D eigenvalue weighted by molar-refractivity contribution is 9.10. The third-order valence-corrected chi connectivity index (χ3v) is 3.86. The van der Waals surface area contributed by atoms with Crippen LogP contribution in [0.15, 0.2) is 32.7 Å². The molecule has 1 heterocycles. The molecule has 2 rings (SSSR count). The van der Waals surface area contributed by atoms with Gasteiger partial charge in [0.05, 0.1) is 4.47 Å². The average molecular weight is 337 g/mol. The first-order valence-corrected chi connectivity index (χ1v) is 6.20. The first kappa shape index (κ1) is 10.3. The Morgan fingerprint density at radius 2 is 2.07 bits per heavy atom. The predicted octanol–water partition coefficient (Wildman–Crippen LogP) is 4.47. The maximum absolute atomic E-state index is 13.6. The van der Waals surface area contributed by atoms with Gasteiger partial charge in [0.2, 0.25) is 0 Å². The summed E-state index contributed by atoms with van der Waals surface area (Å²) >= 11 is 7.78. The van der Waals surface area contributed by atoms with Crippen LogP contribution in [-0.4, -0.2) is 4.98 Å². The monoisotopic (exact) mass is 335 g/mol. The molecule has 2 aromatic rings. The van der Waals surface area contributed by atoms with E-state index in [1.807, 2.05) is 5.38 Å². The van der Waals surface area contributed by atoms with Crippen molar-refractivity contribution < 1.29 is 4.39 Å². The molecular weight excluding hydrogens is 333 g/mol. The molecule has 0 radical (unpaired) electrons. The fourth-order valence-corrected chi connectivity index (χ4v) is 2.69. The minimum Gasteiger partial charge on any atom is -0.229 e. The third-order valence-electron chi connectivity index (χ3n) is 1.66. The standard InChI is InChI=1S/C9H4Br2FNS/c10-6-3-1-2-5(8(6)12)9-13-7(11)4-14-9/h1-4H. The molecule has 0 atom stereocenters. The average Bonchev–Trinajstić information content (AvgIpc) is 2.57. The van der Waals surface area contributed by atoms with Gasteiger partial charge in [-0.3, -0.25) is 0 Å². The third kappa shape index (κ3) is 1.89. The van der Waals surface area contributed by atoms with Crippen LogP contribution in [0.3, 0.4) is 0 Å². The van der Waals surface area contributed by atoms with Crippen molar-refractivity contribution in [1.29, 1.82) is 0 Å². The van der Waals surface area contributed by atoms with Gasteiger partial charge in [0, 0.05) is 10.9 Å². The van der Waals surface area contributed by atoms with E-state index >= 15 is 0 Å². The van der Waals surface area contributed by atoms with Gasteiger partial charge in [-0.25, -0.2) is 9.37 Å². The summed E-state index contributed by atoms with van der Waals surface area (Å²) < 4.78 is 14.8. The summed E-state index contributed by atoms with van der Waals surface area (Å²) in [6, 6.07) is 5.17. The van der Waals surface area contributed by atoms with Crippen molar-refractivity contribution in [2.24, 2.45) is 0 Å². The van der Waals surface area contributed by atoms with Gasteiger partial charge < -0.3 is 0 Å². The van der Waals surface area contributed by atoms with Crippen molar-refractivity contribution in [3.05, 3.63) is 38.5 Å². The molecule has 0 unspecified atom stereocenters. The second kappa shape index (κ2) is 4.08. The molecule has 0 fully saturated rings. The Labute approximate surface area is 101 Å². The molecule has 0 bridgehead atoms. The van der Waals surface area contributed by atoms with Crippen LogP contribution >= 0.6 is 43.2 Å². The van der Waals surface area contributed by atoms with Gasteiger partial charge in [-0.05, 0) is 44.0 Å². The van der Waals surface area contributed by atoms with Crippen LogP contribution in [-0.2, 0) is 0 Å². The number of aromatic nitrogens is 1. The number of hydrogen-bond acceptors (Lipinski definition) is 2. The van der Waals surface area contributed by atoms with E-state index < -0.39 is 0 Å². The SMILES string of the molecule is Fc1c(Br)cccc1-c1nc(Br)cs1. The van der Waals surface area contributed by atoms with Crippen LogP contribution in [0.25, 0.3) is 10.6 Å². The molecule has 0 aliphatic rings. The largest absolute Gasteiger partial charge is 0.229 e. The summed E-state index contributed by atoms with van der Waals surface area (Å²) in [6.45, 7) is 0. The lowest BCUT2D eigenvalue weighted by atomic mass is 10.2. The van der Waals surface area contributed by atoms with Crippen molar-refractivity contribution in [3.63, 3.8) is 0 Å². The normalized spacial score (nSPS) is 10.5. The molecule has 1 aromatic heterocycles. The maximum atomic E-state index is 13.6. The topological polar surface area (TPSA) is 12.9 Å². The lowest BCUT2D eigenvalue weighted by Gasteiger charge is -1.99. The first-order chi connectivity index (χ1) is 6.68.